The molecule has 3 N–H and O–H groups in total. The number of hydrogen-bond donors (Lipinski definition) is 3. The van der Waals surface area contributed by atoms with Crippen LogP contribution >= 0.6 is 0 Å². The van der Waals surface area contributed by atoms with Crippen LogP contribution in [0.2, 0.25) is 0 Å². The third kappa shape index (κ3) is 3.92. The summed E-state index contributed by atoms with van der Waals surface area (Å²) in [5, 5.41) is 11.2. The number of nitrogens with one attached hydrogen (secondary N) is 2. The van der Waals surface area contributed by atoms with Gasteiger partial charge in [-0.3, -0.25) is 15.1 Å². The van der Waals surface area contributed by atoms with Crippen LogP contribution in [0, 0.1) is 0 Å². The molecule has 0 radical (unpaired) electrons. The van der Waals surface area contributed by atoms with Gasteiger partial charge in [0.25, 0.3) is 5.56 Å². The molecule has 0 unspecified atom stereocenters. The molecule has 0 aliphatic carbocycles. The van der Waals surface area contributed by atoms with Gasteiger partial charge in [-0.2, -0.15) is 0 Å². The molecule has 0 aliphatic heterocycles. The van der Waals surface area contributed by atoms with Gasteiger partial charge in [-0.1, -0.05) is 30.3 Å². The second kappa shape index (κ2) is 6.48. The van der Waals surface area contributed by atoms with Crippen LogP contribution in [0.25, 0.3) is 0 Å². The zero-order valence-corrected chi connectivity index (χ0v) is 10.5. The monoisotopic (exact) mass is 275 g/mol. The number of aliphatic hydroxyl groups excluding tert-OH is 1. The smallest absolute Gasteiger partial charge is 0.414 e. The minimum Gasteiger partial charge on any atom is -0.444 e. The van der Waals surface area contributed by atoms with E-state index in [1.165, 1.54) is 0 Å². The summed E-state index contributed by atoms with van der Waals surface area (Å²) in [6.45, 7) is -0.283. The summed E-state index contributed by atoms with van der Waals surface area (Å²) in [7, 11) is 0. The fraction of sp³-hybridized carbons (Fsp3) is 0.154. The summed E-state index contributed by atoms with van der Waals surface area (Å²) in [6, 6.07) is 10.3. The Morgan fingerprint density at radius 3 is 2.80 bits per heavy atom. The molecule has 2 aromatic rings. The van der Waals surface area contributed by atoms with Crippen molar-refractivity contribution in [2.45, 2.75) is 13.2 Å². The number of aromatic amines is 1. The number of aromatic nitrogens is 2. The molecule has 0 atom stereocenters. The first-order valence-corrected chi connectivity index (χ1v) is 5.86. The summed E-state index contributed by atoms with van der Waals surface area (Å²) in [5.41, 5.74) is 0.530. The maximum Gasteiger partial charge on any atom is 0.414 e. The maximum absolute atomic E-state index is 11.5. The maximum atomic E-state index is 11.5. The summed E-state index contributed by atoms with van der Waals surface area (Å²) < 4.78 is 4.97. The lowest BCUT2D eigenvalue weighted by molar-refractivity contribution is 0.155. The van der Waals surface area contributed by atoms with E-state index >= 15 is 0 Å². The van der Waals surface area contributed by atoms with E-state index < -0.39 is 18.3 Å². The van der Waals surface area contributed by atoms with E-state index in [0.717, 1.165) is 11.6 Å². The molecule has 1 aromatic heterocycles. The molecule has 2 rings (SSSR count). The van der Waals surface area contributed by atoms with Gasteiger partial charge in [-0.05, 0) is 5.56 Å². The molecule has 1 amide bonds. The van der Waals surface area contributed by atoms with Crippen LogP contribution in [0.15, 0.2) is 41.2 Å². The Bertz CT molecular complexity index is 640. The van der Waals surface area contributed by atoms with E-state index in [0.29, 0.717) is 0 Å². The van der Waals surface area contributed by atoms with Crippen molar-refractivity contribution in [3.8, 4) is 0 Å². The third-order valence-electron chi connectivity index (χ3n) is 2.39. The standard InChI is InChI=1S/C13H13N3O4/c17-7-10-6-11(18)15-12(14-10)16-13(19)20-8-9-4-2-1-3-5-9/h1-6,17H,7-8H2,(H2,14,15,16,18,19). The zero-order valence-electron chi connectivity index (χ0n) is 10.5. The predicted molar refractivity (Wildman–Crippen MR) is 71.0 cm³/mol. The number of anilines is 1. The topological polar surface area (TPSA) is 104 Å². The first-order valence-electron chi connectivity index (χ1n) is 5.86. The van der Waals surface area contributed by atoms with Crippen LogP contribution < -0.4 is 10.9 Å². The lowest BCUT2D eigenvalue weighted by atomic mass is 10.2. The van der Waals surface area contributed by atoms with Crippen molar-refractivity contribution in [3.63, 3.8) is 0 Å². The van der Waals surface area contributed by atoms with Gasteiger partial charge < -0.3 is 9.84 Å². The van der Waals surface area contributed by atoms with Crippen molar-refractivity contribution in [3.05, 3.63) is 58.0 Å². The first-order chi connectivity index (χ1) is 9.67. The van der Waals surface area contributed by atoms with Gasteiger partial charge >= 0.3 is 6.09 Å². The zero-order chi connectivity index (χ0) is 14.4. The second-order valence-corrected chi connectivity index (χ2v) is 3.93. The normalized spacial score (nSPS) is 10.1. The number of carbonyl (C=O) groups excluding carboxylic acids is 1. The van der Waals surface area contributed by atoms with Crippen molar-refractivity contribution in [2.75, 3.05) is 5.32 Å². The van der Waals surface area contributed by atoms with Crippen molar-refractivity contribution in [2.24, 2.45) is 0 Å². The van der Waals surface area contributed by atoms with E-state index in [9.17, 15) is 9.59 Å². The number of amides is 1. The quantitative estimate of drug-likeness (QED) is 0.772. The fourth-order valence-electron chi connectivity index (χ4n) is 1.50. The molecule has 1 heterocycles. The first kappa shape index (κ1) is 13.8. The number of H-pyrrole nitrogens is 1. The van der Waals surface area contributed by atoms with E-state index in [1.807, 2.05) is 30.3 Å². The van der Waals surface area contributed by atoms with Crippen LogP contribution in [-0.2, 0) is 18.0 Å². The summed E-state index contributed by atoms with van der Waals surface area (Å²) in [5.74, 6) is -0.0698. The van der Waals surface area contributed by atoms with E-state index in [-0.39, 0.29) is 18.2 Å². The number of nitrogens with zero attached hydrogens (tertiary/aromatic N) is 1. The van der Waals surface area contributed by atoms with Crippen molar-refractivity contribution in [1.82, 2.24) is 9.97 Å². The van der Waals surface area contributed by atoms with Crippen LogP contribution in [0.5, 0.6) is 0 Å². The predicted octanol–water partition coefficient (Wildman–Crippen LogP) is 1.01. The molecule has 7 heteroatoms. The highest BCUT2D eigenvalue weighted by Crippen LogP contribution is 2.03. The summed E-state index contributed by atoms with van der Waals surface area (Å²) in [6.07, 6.45) is -0.743. The number of benzene rings is 1. The van der Waals surface area contributed by atoms with E-state index in [2.05, 4.69) is 15.3 Å². The minimum absolute atomic E-state index is 0.0698. The molecule has 1 aromatic carbocycles. The van der Waals surface area contributed by atoms with Gasteiger partial charge in [0.2, 0.25) is 5.95 Å². The van der Waals surface area contributed by atoms with Crippen LogP contribution in [0.4, 0.5) is 10.7 Å². The number of aliphatic hydroxyl groups is 1. The van der Waals surface area contributed by atoms with Crippen molar-refractivity contribution in [1.29, 1.82) is 0 Å². The Labute approximate surface area is 114 Å². The molecular weight excluding hydrogens is 262 g/mol. The highest BCUT2D eigenvalue weighted by molar-refractivity contribution is 5.82. The largest absolute Gasteiger partial charge is 0.444 e. The Balaban J connectivity index is 1.94. The van der Waals surface area contributed by atoms with Gasteiger partial charge in [-0.25, -0.2) is 9.78 Å². The Hall–Kier alpha value is -2.67. The average molecular weight is 275 g/mol. The number of ether oxygens (including phenoxy) is 1. The van der Waals surface area contributed by atoms with Gasteiger partial charge in [0.1, 0.15) is 6.61 Å². The van der Waals surface area contributed by atoms with Crippen molar-refractivity contribution >= 4 is 12.0 Å². The Morgan fingerprint density at radius 1 is 1.35 bits per heavy atom. The number of hydrogen-bond acceptors (Lipinski definition) is 5. The lowest BCUT2D eigenvalue weighted by Gasteiger charge is -2.06. The van der Waals surface area contributed by atoms with Gasteiger partial charge in [0.15, 0.2) is 0 Å². The molecular formula is C13H13N3O4. The third-order valence-corrected chi connectivity index (χ3v) is 2.39. The van der Waals surface area contributed by atoms with Gasteiger partial charge in [0.05, 0.1) is 12.3 Å². The average Bonchev–Trinajstić information content (AvgIpc) is 2.45. The highest BCUT2D eigenvalue weighted by Gasteiger charge is 2.07. The number of rotatable bonds is 4. The molecule has 0 spiro atoms. The lowest BCUT2D eigenvalue weighted by Crippen LogP contribution is -2.19. The van der Waals surface area contributed by atoms with Crippen LogP contribution in [0.1, 0.15) is 11.3 Å². The van der Waals surface area contributed by atoms with Crippen LogP contribution in [0.3, 0.4) is 0 Å². The Kier molecular flexibility index (Phi) is 4.46. The highest BCUT2D eigenvalue weighted by atomic mass is 16.5. The molecule has 104 valence electrons. The van der Waals surface area contributed by atoms with E-state index in [4.69, 9.17) is 9.84 Å². The van der Waals surface area contributed by atoms with Crippen LogP contribution in [-0.4, -0.2) is 21.2 Å². The fourth-order valence-corrected chi connectivity index (χ4v) is 1.50. The Morgan fingerprint density at radius 2 is 2.10 bits per heavy atom. The minimum atomic E-state index is -0.743. The molecule has 0 bridgehead atoms. The van der Waals surface area contributed by atoms with E-state index in [1.54, 1.807) is 0 Å². The molecule has 20 heavy (non-hydrogen) atoms. The SMILES string of the molecule is O=C(Nc1nc(CO)cc(=O)[nH]1)OCc1ccccc1. The molecule has 0 aliphatic rings. The molecule has 0 saturated heterocycles. The molecule has 0 saturated carbocycles. The molecule has 7 nitrogen and oxygen atoms in total. The molecule has 0 fully saturated rings. The summed E-state index contributed by atoms with van der Waals surface area (Å²) in [4.78, 5) is 28.9. The van der Waals surface area contributed by atoms with Crippen molar-refractivity contribution < 1.29 is 14.6 Å². The summed E-state index contributed by atoms with van der Waals surface area (Å²) >= 11 is 0. The van der Waals surface area contributed by atoms with Gasteiger partial charge in [-0.15, -0.1) is 0 Å². The second-order valence-electron chi connectivity index (χ2n) is 3.93. The van der Waals surface area contributed by atoms with Gasteiger partial charge in [0, 0.05) is 6.07 Å². The number of carbonyl (C=O) groups is 1.